The van der Waals surface area contributed by atoms with E-state index >= 15 is 0 Å². The Labute approximate surface area is 125 Å². The second-order valence-electron chi connectivity index (χ2n) is 5.74. The van der Waals surface area contributed by atoms with Crippen LogP contribution in [0.3, 0.4) is 0 Å². The summed E-state index contributed by atoms with van der Waals surface area (Å²) < 4.78 is 0. The largest absolute Gasteiger partial charge is 0.326 e. The Hall–Kier alpha value is -2.10. The molecule has 0 saturated heterocycles. The smallest absolute Gasteiger partial charge is 0.226 e. The summed E-state index contributed by atoms with van der Waals surface area (Å²) in [4.78, 5) is 23.5. The maximum Gasteiger partial charge on any atom is 0.226 e. The Morgan fingerprint density at radius 3 is 2.29 bits per heavy atom. The van der Waals surface area contributed by atoms with Crippen molar-refractivity contribution >= 4 is 23.2 Å². The fourth-order valence-electron chi connectivity index (χ4n) is 2.24. The molecule has 0 aliphatic heterocycles. The van der Waals surface area contributed by atoms with Gasteiger partial charge in [-0.2, -0.15) is 0 Å². The highest BCUT2D eigenvalue weighted by atomic mass is 16.2. The first-order chi connectivity index (χ1) is 10.0. The van der Waals surface area contributed by atoms with Crippen molar-refractivity contribution in [1.82, 2.24) is 0 Å². The van der Waals surface area contributed by atoms with E-state index in [0.717, 1.165) is 24.2 Å². The predicted molar refractivity (Wildman–Crippen MR) is 85.0 cm³/mol. The third kappa shape index (κ3) is 4.74. The van der Waals surface area contributed by atoms with Gasteiger partial charge in [0.15, 0.2) is 0 Å². The number of benzene rings is 1. The predicted octanol–water partition coefficient (Wildman–Crippen LogP) is 3.58. The zero-order valence-corrected chi connectivity index (χ0v) is 12.6. The van der Waals surface area contributed by atoms with Crippen LogP contribution in [-0.2, 0) is 9.59 Å². The summed E-state index contributed by atoms with van der Waals surface area (Å²) in [6.45, 7) is 3.70. The Kier molecular flexibility index (Phi) is 5.14. The highest BCUT2D eigenvalue weighted by Crippen LogP contribution is 2.21. The molecule has 0 heterocycles. The van der Waals surface area contributed by atoms with Crippen LogP contribution in [0.5, 0.6) is 0 Å². The lowest BCUT2D eigenvalue weighted by Crippen LogP contribution is -2.18. The maximum absolute atomic E-state index is 11.9. The van der Waals surface area contributed by atoms with Crippen LogP contribution in [0.15, 0.2) is 36.4 Å². The van der Waals surface area contributed by atoms with Gasteiger partial charge < -0.3 is 10.6 Å². The van der Waals surface area contributed by atoms with Gasteiger partial charge in [-0.05, 0) is 43.0 Å². The number of carbonyl (C=O) groups excluding carboxylic acids is 2. The van der Waals surface area contributed by atoms with Crippen LogP contribution in [0.4, 0.5) is 11.4 Å². The maximum atomic E-state index is 11.9. The third-order valence-corrected chi connectivity index (χ3v) is 3.52. The highest BCUT2D eigenvalue weighted by molar-refractivity contribution is 5.93. The number of nitrogens with one attached hydrogen (secondary N) is 2. The van der Waals surface area contributed by atoms with Gasteiger partial charge in [0, 0.05) is 23.7 Å². The van der Waals surface area contributed by atoms with Crippen molar-refractivity contribution in [3.63, 3.8) is 0 Å². The van der Waals surface area contributed by atoms with E-state index in [-0.39, 0.29) is 17.7 Å². The average Bonchev–Trinajstić information content (AvgIpc) is 2.93. The second-order valence-corrected chi connectivity index (χ2v) is 5.74. The van der Waals surface area contributed by atoms with Gasteiger partial charge in [-0.15, -0.1) is 0 Å². The number of allylic oxidation sites excluding steroid dienone is 2. The molecule has 0 fully saturated rings. The minimum Gasteiger partial charge on any atom is -0.326 e. The molecular weight excluding hydrogens is 264 g/mol. The molecule has 0 bridgehead atoms. The van der Waals surface area contributed by atoms with Crippen molar-refractivity contribution in [2.75, 3.05) is 10.6 Å². The number of anilines is 2. The molecule has 2 amide bonds. The monoisotopic (exact) mass is 286 g/mol. The fraction of sp³-hybridized carbons (Fsp3) is 0.412. The Bertz CT molecular complexity index is 532. The second kappa shape index (κ2) is 7.07. The molecule has 1 atom stereocenters. The zero-order valence-electron chi connectivity index (χ0n) is 12.6. The van der Waals surface area contributed by atoms with Crippen molar-refractivity contribution < 1.29 is 9.59 Å². The van der Waals surface area contributed by atoms with Gasteiger partial charge in [0.05, 0.1) is 0 Å². The van der Waals surface area contributed by atoms with E-state index in [4.69, 9.17) is 0 Å². The van der Waals surface area contributed by atoms with E-state index in [0.29, 0.717) is 12.3 Å². The molecular formula is C17H22N2O2. The normalized spacial score (nSPS) is 17.0. The first kappa shape index (κ1) is 15.3. The number of rotatable bonds is 5. The molecule has 2 rings (SSSR count). The minimum atomic E-state index is -0.0520. The number of hydrogen-bond donors (Lipinski definition) is 2. The summed E-state index contributed by atoms with van der Waals surface area (Å²) in [6.07, 6.45) is 6.91. The molecule has 112 valence electrons. The lowest BCUT2D eigenvalue weighted by molar-refractivity contribution is -0.119. The van der Waals surface area contributed by atoms with Crippen molar-refractivity contribution in [2.24, 2.45) is 11.8 Å². The molecule has 2 N–H and O–H groups in total. The first-order valence-corrected chi connectivity index (χ1v) is 7.42. The van der Waals surface area contributed by atoms with Crippen LogP contribution in [-0.4, -0.2) is 11.8 Å². The van der Waals surface area contributed by atoms with Crippen molar-refractivity contribution in [3.05, 3.63) is 36.4 Å². The average molecular weight is 286 g/mol. The topological polar surface area (TPSA) is 58.2 Å². The van der Waals surface area contributed by atoms with Crippen molar-refractivity contribution in [2.45, 2.75) is 33.1 Å². The standard InChI is InChI=1S/C17H22N2O2/c1-12(2)17(21)19-15-9-7-14(8-10-15)18-16(20)11-13-5-3-4-6-13/h3,5,7-10,12-13H,4,6,11H2,1-2H3,(H,18,20)(H,19,21). The molecule has 4 nitrogen and oxygen atoms in total. The van der Waals surface area contributed by atoms with Crippen LogP contribution >= 0.6 is 0 Å². The summed E-state index contributed by atoms with van der Waals surface area (Å²) >= 11 is 0. The summed E-state index contributed by atoms with van der Waals surface area (Å²) in [7, 11) is 0. The molecule has 4 heteroatoms. The number of hydrogen-bond acceptors (Lipinski definition) is 2. The third-order valence-electron chi connectivity index (χ3n) is 3.52. The fourth-order valence-corrected chi connectivity index (χ4v) is 2.24. The Balaban J connectivity index is 1.85. The van der Waals surface area contributed by atoms with Crippen molar-refractivity contribution in [1.29, 1.82) is 0 Å². The van der Waals surface area contributed by atoms with E-state index in [9.17, 15) is 9.59 Å². The van der Waals surface area contributed by atoms with Gasteiger partial charge in [0.25, 0.3) is 0 Å². The van der Waals surface area contributed by atoms with Crippen LogP contribution in [0.1, 0.15) is 33.1 Å². The lowest BCUT2D eigenvalue weighted by atomic mass is 10.1. The highest BCUT2D eigenvalue weighted by Gasteiger charge is 2.14. The first-order valence-electron chi connectivity index (χ1n) is 7.42. The number of amides is 2. The van der Waals surface area contributed by atoms with Gasteiger partial charge in [-0.25, -0.2) is 0 Å². The van der Waals surface area contributed by atoms with Gasteiger partial charge in [-0.3, -0.25) is 9.59 Å². The Morgan fingerprint density at radius 1 is 1.14 bits per heavy atom. The molecule has 0 saturated carbocycles. The quantitative estimate of drug-likeness (QED) is 0.813. The van der Waals surface area contributed by atoms with E-state index in [2.05, 4.69) is 22.8 Å². The summed E-state index contributed by atoms with van der Waals surface area (Å²) in [5.74, 6) is 0.337. The number of carbonyl (C=O) groups is 2. The zero-order chi connectivity index (χ0) is 15.2. The molecule has 1 unspecified atom stereocenters. The lowest BCUT2D eigenvalue weighted by Gasteiger charge is -2.10. The van der Waals surface area contributed by atoms with Crippen molar-refractivity contribution in [3.8, 4) is 0 Å². The molecule has 1 aromatic carbocycles. The van der Waals surface area contributed by atoms with Crippen LogP contribution < -0.4 is 10.6 Å². The van der Waals surface area contributed by atoms with E-state index < -0.39 is 0 Å². The van der Waals surface area contributed by atoms with E-state index in [1.54, 1.807) is 24.3 Å². The molecule has 1 aromatic rings. The van der Waals surface area contributed by atoms with E-state index in [1.165, 1.54) is 0 Å². The minimum absolute atomic E-state index is 0.0141. The van der Waals surface area contributed by atoms with E-state index in [1.807, 2.05) is 13.8 Å². The van der Waals surface area contributed by atoms with Gasteiger partial charge in [-0.1, -0.05) is 26.0 Å². The summed E-state index contributed by atoms with van der Waals surface area (Å²) in [5, 5.41) is 5.71. The molecule has 0 aromatic heterocycles. The van der Waals surface area contributed by atoms with Gasteiger partial charge >= 0.3 is 0 Å². The summed E-state index contributed by atoms with van der Waals surface area (Å²) in [5.41, 5.74) is 1.50. The molecule has 1 aliphatic carbocycles. The summed E-state index contributed by atoms with van der Waals surface area (Å²) in [6, 6.07) is 7.20. The molecule has 0 spiro atoms. The van der Waals surface area contributed by atoms with Gasteiger partial charge in [0.1, 0.15) is 0 Å². The molecule has 21 heavy (non-hydrogen) atoms. The molecule has 0 radical (unpaired) electrons. The van der Waals surface area contributed by atoms with Gasteiger partial charge in [0.2, 0.25) is 11.8 Å². The van der Waals surface area contributed by atoms with Crippen LogP contribution in [0, 0.1) is 11.8 Å². The Morgan fingerprint density at radius 2 is 1.76 bits per heavy atom. The molecule has 1 aliphatic rings. The SMILES string of the molecule is CC(C)C(=O)Nc1ccc(NC(=O)CC2C=CCC2)cc1. The van der Waals surface area contributed by atoms with Crippen LogP contribution in [0.2, 0.25) is 0 Å². The van der Waals surface area contributed by atoms with Crippen LogP contribution in [0.25, 0.3) is 0 Å².